The number of allylic oxidation sites excluding steroid dienone is 1. The summed E-state index contributed by atoms with van der Waals surface area (Å²) in [4.78, 5) is 12.1. The van der Waals surface area contributed by atoms with Crippen LogP contribution in [-0.4, -0.2) is 32.2 Å². The summed E-state index contributed by atoms with van der Waals surface area (Å²) < 4.78 is 16.1. The zero-order valence-electron chi connectivity index (χ0n) is 18.2. The number of ketones is 1. The molecule has 0 atom stereocenters. The Hall–Kier alpha value is -4.19. The van der Waals surface area contributed by atoms with Crippen molar-refractivity contribution in [3.05, 3.63) is 89.6 Å². The van der Waals surface area contributed by atoms with Gasteiger partial charge in [-0.2, -0.15) is 0 Å². The molecule has 2 N–H and O–H groups in total. The third-order valence-electron chi connectivity index (χ3n) is 4.70. The molecule has 0 amide bonds. The molecule has 0 saturated carbocycles. The first-order chi connectivity index (χ1) is 15.5. The van der Waals surface area contributed by atoms with Gasteiger partial charge in [0.25, 0.3) is 0 Å². The fourth-order valence-corrected chi connectivity index (χ4v) is 3.02. The van der Waals surface area contributed by atoms with Crippen LogP contribution < -0.4 is 19.5 Å². The first-order valence-electron chi connectivity index (χ1n) is 9.88. The van der Waals surface area contributed by atoms with E-state index in [-0.39, 0.29) is 11.5 Å². The summed E-state index contributed by atoms with van der Waals surface area (Å²) in [5, 5.41) is 12.4. The van der Waals surface area contributed by atoms with Gasteiger partial charge in [0.05, 0.1) is 21.3 Å². The van der Waals surface area contributed by atoms with Crippen LogP contribution in [-0.2, 0) is 0 Å². The van der Waals surface area contributed by atoms with Crippen molar-refractivity contribution in [3.63, 3.8) is 0 Å². The highest BCUT2D eigenvalue weighted by Crippen LogP contribution is 2.38. The minimum Gasteiger partial charge on any atom is -0.508 e. The molecular formula is C26H25NO5. The van der Waals surface area contributed by atoms with Crippen LogP contribution in [0, 0.1) is 0 Å². The lowest BCUT2D eigenvalue weighted by Crippen LogP contribution is -1.96. The number of phenolic OH excluding ortho intramolecular Hbond substituents is 1. The largest absolute Gasteiger partial charge is 0.508 e. The molecule has 0 aromatic heterocycles. The molecule has 3 aromatic carbocycles. The van der Waals surface area contributed by atoms with Crippen molar-refractivity contribution in [2.45, 2.75) is 0 Å². The fraction of sp³-hybridized carbons (Fsp3) is 0.115. The van der Waals surface area contributed by atoms with Crippen molar-refractivity contribution < 1.29 is 24.1 Å². The Balaban J connectivity index is 1.64. The van der Waals surface area contributed by atoms with Gasteiger partial charge < -0.3 is 24.6 Å². The van der Waals surface area contributed by atoms with Crippen molar-refractivity contribution in [2.75, 3.05) is 26.6 Å². The van der Waals surface area contributed by atoms with Gasteiger partial charge in [0, 0.05) is 23.5 Å². The van der Waals surface area contributed by atoms with Gasteiger partial charge >= 0.3 is 0 Å². The summed E-state index contributed by atoms with van der Waals surface area (Å²) in [5.41, 5.74) is 3.28. The Morgan fingerprint density at radius 1 is 0.812 bits per heavy atom. The molecule has 0 fully saturated rings. The number of hydrogen-bond donors (Lipinski definition) is 2. The zero-order chi connectivity index (χ0) is 22.9. The van der Waals surface area contributed by atoms with Crippen LogP contribution in [0.2, 0.25) is 0 Å². The lowest BCUT2D eigenvalue weighted by Gasteiger charge is -2.12. The molecule has 0 radical (unpaired) electrons. The Bertz CT molecular complexity index is 1090. The molecule has 0 aliphatic carbocycles. The quantitative estimate of drug-likeness (QED) is 0.268. The normalized spacial score (nSPS) is 11.0. The molecule has 164 valence electrons. The van der Waals surface area contributed by atoms with Crippen molar-refractivity contribution in [2.24, 2.45) is 0 Å². The van der Waals surface area contributed by atoms with Gasteiger partial charge in [-0.3, -0.25) is 4.79 Å². The summed E-state index contributed by atoms with van der Waals surface area (Å²) in [6.45, 7) is 0. The van der Waals surface area contributed by atoms with Crippen LogP contribution >= 0.6 is 0 Å². The molecule has 0 spiro atoms. The molecule has 3 rings (SSSR count). The molecule has 0 saturated heterocycles. The summed E-state index contributed by atoms with van der Waals surface area (Å²) in [5.74, 6) is 1.73. The third-order valence-corrected chi connectivity index (χ3v) is 4.70. The number of hydrogen-bond acceptors (Lipinski definition) is 6. The molecule has 0 aliphatic rings. The number of aromatic hydroxyl groups is 1. The van der Waals surface area contributed by atoms with E-state index in [9.17, 15) is 9.90 Å². The predicted octanol–water partition coefficient (Wildman–Crippen LogP) is 5.40. The lowest BCUT2D eigenvalue weighted by molar-refractivity contribution is 0.104. The summed E-state index contributed by atoms with van der Waals surface area (Å²) in [6, 6.07) is 17.7. The molecule has 3 aromatic rings. The number of methoxy groups -OCH3 is 3. The topological polar surface area (TPSA) is 77.0 Å². The highest BCUT2D eigenvalue weighted by Gasteiger charge is 2.11. The Morgan fingerprint density at radius 2 is 1.41 bits per heavy atom. The maximum absolute atomic E-state index is 12.1. The number of carbonyl (C=O) groups is 1. The Labute approximate surface area is 187 Å². The van der Waals surface area contributed by atoms with Crippen LogP contribution in [0.4, 0.5) is 5.69 Å². The van der Waals surface area contributed by atoms with Gasteiger partial charge in [-0.1, -0.05) is 24.3 Å². The van der Waals surface area contributed by atoms with E-state index in [1.807, 2.05) is 48.6 Å². The number of benzene rings is 3. The number of rotatable bonds is 9. The molecule has 0 bridgehead atoms. The second-order valence-corrected chi connectivity index (χ2v) is 6.80. The maximum Gasteiger partial charge on any atom is 0.203 e. The van der Waals surface area contributed by atoms with Gasteiger partial charge in [-0.05, 0) is 59.7 Å². The molecule has 0 heterocycles. The van der Waals surface area contributed by atoms with E-state index in [0.717, 1.165) is 16.8 Å². The summed E-state index contributed by atoms with van der Waals surface area (Å²) in [7, 11) is 4.75. The first kappa shape index (κ1) is 22.5. The third kappa shape index (κ3) is 5.70. The average molecular weight is 431 g/mol. The van der Waals surface area contributed by atoms with E-state index in [2.05, 4.69) is 5.32 Å². The highest BCUT2D eigenvalue weighted by atomic mass is 16.5. The number of nitrogens with one attached hydrogen (secondary N) is 1. The zero-order valence-corrected chi connectivity index (χ0v) is 18.2. The van der Waals surface area contributed by atoms with Crippen molar-refractivity contribution in [1.82, 2.24) is 0 Å². The molecule has 6 nitrogen and oxygen atoms in total. The summed E-state index contributed by atoms with van der Waals surface area (Å²) >= 11 is 0. The molecular weight excluding hydrogens is 406 g/mol. The smallest absolute Gasteiger partial charge is 0.203 e. The van der Waals surface area contributed by atoms with Gasteiger partial charge in [0.1, 0.15) is 5.75 Å². The van der Waals surface area contributed by atoms with Crippen LogP contribution in [0.1, 0.15) is 21.5 Å². The van der Waals surface area contributed by atoms with Crippen LogP contribution in [0.3, 0.4) is 0 Å². The Kier molecular flexibility index (Phi) is 7.54. The minimum absolute atomic E-state index is 0.128. The Morgan fingerprint density at radius 3 is 1.97 bits per heavy atom. The van der Waals surface area contributed by atoms with Gasteiger partial charge in [-0.25, -0.2) is 0 Å². The fourth-order valence-electron chi connectivity index (χ4n) is 3.02. The van der Waals surface area contributed by atoms with Crippen LogP contribution in [0.15, 0.2) is 72.9 Å². The molecule has 0 aliphatic heterocycles. The monoisotopic (exact) mass is 431 g/mol. The number of ether oxygens (including phenoxy) is 3. The van der Waals surface area contributed by atoms with Gasteiger partial charge in [0.2, 0.25) is 5.75 Å². The minimum atomic E-state index is -0.151. The van der Waals surface area contributed by atoms with Crippen molar-refractivity contribution >= 4 is 23.6 Å². The van der Waals surface area contributed by atoms with Gasteiger partial charge in [-0.15, -0.1) is 0 Å². The first-order valence-corrected chi connectivity index (χ1v) is 9.88. The van der Waals surface area contributed by atoms with Crippen molar-refractivity contribution in [3.8, 4) is 23.0 Å². The van der Waals surface area contributed by atoms with Crippen LogP contribution in [0.25, 0.3) is 12.2 Å². The van der Waals surface area contributed by atoms with E-state index in [4.69, 9.17) is 14.2 Å². The average Bonchev–Trinajstić information content (AvgIpc) is 2.83. The maximum atomic E-state index is 12.1. The highest BCUT2D eigenvalue weighted by molar-refractivity contribution is 6.04. The predicted molar refractivity (Wildman–Crippen MR) is 127 cm³/mol. The van der Waals surface area contributed by atoms with E-state index in [1.165, 1.54) is 18.2 Å². The standard InChI is InChI=1S/C26H25NO5/c1-30-24-16-19(17-25(31-2)26(24)32-3)5-4-18-6-10-21(11-7-18)27-15-14-23(29)20-8-12-22(28)13-9-20/h4-17,27-28H,1-3H3/b5-4-,15-14-. The summed E-state index contributed by atoms with van der Waals surface area (Å²) in [6.07, 6.45) is 6.98. The number of anilines is 1. The van der Waals surface area contributed by atoms with E-state index < -0.39 is 0 Å². The lowest BCUT2D eigenvalue weighted by atomic mass is 10.1. The molecule has 0 unspecified atom stereocenters. The van der Waals surface area contributed by atoms with Gasteiger partial charge in [0.15, 0.2) is 17.3 Å². The van der Waals surface area contributed by atoms with E-state index in [1.54, 1.807) is 39.7 Å². The second kappa shape index (κ2) is 10.7. The van der Waals surface area contributed by atoms with E-state index in [0.29, 0.717) is 22.8 Å². The number of phenols is 1. The number of carbonyl (C=O) groups excluding carboxylic acids is 1. The van der Waals surface area contributed by atoms with E-state index >= 15 is 0 Å². The molecule has 6 heteroatoms. The van der Waals surface area contributed by atoms with Crippen LogP contribution in [0.5, 0.6) is 23.0 Å². The van der Waals surface area contributed by atoms with Crippen molar-refractivity contribution in [1.29, 1.82) is 0 Å². The second-order valence-electron chi connectivity index (χ2n) is 6.80. The SMILES string of the molecule is COc1cc(/C=C\c2ccc(N/C=C\C(=O)c3ccc(O)cc3)cc2)cc(OC)c1OC. The molecule has 32 heavy (non-hydrogen) atoms.